The highest BCUT2D eigenvalue weighted by atomic mass is 15.1. The van der Waals surface area contributed by atoms with E-state index in [1.807, 2.05) is 0 Å². The summed E-state index contributed by atoms with van der Waals surface area (Å²) in [6.07, 6.45) is 3.75. The van der Waals surface area contributed by atoms with Crippen molar-refractivity contribution >= 4 is 0 Å². The summed E-state index contributed by atoms with van der Waals surface area (Å²) in [5.74, 6) is 0. The lowest BCUT2D eigenvalue weighted by atomic mass is 10.2. The van der Waals surface area contributed by atoms with E-state index in [1.165, 1.54) is 38.9 Å². The highest BCUT2D eigenvalue weighted by Gasteiger charge is 2.08. The summed E-state index contributed by atoms with van der Waals surface area (Å²) < 4.78 is 0. The van der Waals surface area contributed by atoms with Gasteiger partial charge in [0.05, 0.1) is 0 Å². The third-order valence-electron chi connectivity index (χ3n) is 2.46. The summed E-state index contributed by atoms with van der Waals surface area (Å²) in [5.41, 5.74) is 0. The lowest BCUT2D eigenvalue weighted by molar-refractivity contribution is 0.243. The Balaban J connectivity index is 3.76. The molecule has 80 valence electrons. The highest BCUT2D eigenvalue weighted by molar-refractivity contribution is 4.68. The summed E-state index contributed by atoms with van der Waals surface area (Å²) in [7, 11) is 2.06. The normalized spacial score (nSPS) is 13.6. The predicted octanol–water partition coefficient (Wildman–Crippen LogP) is 2.11. The van der Waals surface area contributed by atoms with Crippen molar-refractivity contribution in [2.75, 3.05) is 26.7 Å². The lowest BCUT2D eigenvalue weighted by Gasteiger charge is -2.25. The zero-order valence-corrected chi connectivity index (χ0v) is 9.77. The van der Waals surface area contributed by atoms with Crippen LogP contribution in [0, 0.1) is 0 Å². The number of nitrogens with zero attached hydrogens (tertiary/aromatic N) is 1. The molecule has 0 aromatic rings. The molecule has 0 aliphatic carbocycles. The number of nitrogens with one attached hydrogen (secondary N) is 1. The van der Waals surface area contributed by atoms with Gasteiger partial charge in [-0.05, 0) is 39.4 Å². The number of hydrogen-bond donors (Lipinski definition) is 1. The van der Waals surface area contributed by atoms with Crippen LogP contribution >= 0.6 is 0 Å². The zero-order chi connectivity index (χ0) is 10.1. The van der Waals surface area contributed by atoms with E-state index < -0.39 is 0 Å². The van der Waals surface area contributed by atoms with Crippen molar-refractivity contribution < 1.29 is 0 Å². The van der Waals surface area contributed by atoms with Crippen LogP contribution in [-0.2, 0) is 0 Å². The van der Waals surface area contributed by atoms with Gasteiger partial charge in [-0.2, -0.15) is 0 Å². The topological polar surface area (TPSA) is 15.3 Å². The average Bonchev–Trinajstić information content (AvgIpc) is 2.14. The first kappa shape index (κ1) is 12.9. The minimum atomic E-state index is 0.665. The molecule has 2 heteroatoms. The Morgan fingerprint density at radius 2 is 1.62 bits per heavy atom. The monoisotopic (exact) mass is 186 g/mol. The predicted molar refractivity (Wildman–Crippen MR) is 60.2 cm³/mol. The van der Waals surface area contributed by atoms with Crippen LogP contribution in [0.25, 0.3) is 0 Å². The average molecular weight is 186 g/mol. The molecule has 0 aliphatic heterocycles. The van der Waals surface area contributed by atoms with Gasteiger partial charge in [0.25, 0.3) is 0 Å². The molecular formula is C11H26N2. The Morgan fingerprint density at radius 1 is 1.08 bits per heavy atom. The molecule has 0 aromatic heterocycles. The third kappa shape index (κ3) is 6.05. The van der Waals surface area contributed by atoms with Crippen LogP contribution < -0.4 is 5.32 Å². The summed E-state index contributed by atoms with van der Waals surface area (Å²) in [6, 6.07) is 0.665. The molecule has 0 saturated heterocycles. The summed E-state index contributed by atoms with van der Waals surface area (Å²) in [6.45, 7) is 10.4. The molecule has 0 fully saturated rings. The second kappa shape index (κ2) is 8.52. The van der Waals surface area contributed by atoms with Gasteiger partial charge >= 0.3 is 0 Å². The summed E-state index contributed by atoms with van der Waals surface area (Å²) in [4.78, 5) is 2.56. The van der Waals surface area contributed by atoms with E-state index in [-0.39, 0.29) is 0 Å². The highest BCUT2D eigenvalue weighted by Crippen LogP contribution is 1.99. The minimum absolute atomic E-state index is 0.665. The fraction of sp³-hybridized carbons (Fsp3) is 1.00. The van der Waals surface area contributed by atoms with E-state index in [9.17, 15) is 0 Å². The van der Waals surface area contributed by atoms with E-state index in [0.717, 1.165) is 0 Å². The van der Waals surface area contributed by atoms with Crippen LogP contribution in [-0.4, -0.2) is 37.6 Å². The second-order valence-electron chi connectivity index (χ2n) is 3.69. The molecule has 0 aliphatic rings. The molecule has 0 amide bonds. The molecule has 0 rings (SSSR count). The van der Waals surface area contributed by atoms with Crippen LogP contribution in [0.15, 0.2) is 0 Å². The van der Waals surface area contributed by atoms with Crippen molar-refractivity contribution in [2.24, 2.45) is 0 Å². The van der Waals surface area contributed by atoms with Gasteiger partial charge in [-0.3, -0.25) is 0 Å². The van der Waals surface area contributed by atoms with Gasteiger partial charge < -0.3 is 10.2 Å². The molecule has 1 unspecified atom stereocenters. The molecule has 1 N–H and O–H groups in total. The van der Waals surface area contributed by atoms with Crippen molar-refractivity contribution in [1.82, 2.24) is 10.2 Å². The Hall–Kier alpha value is -0.0800. The Morgan fingerprint density at radius 3 is 1.92 bits per heavy atom. The van der Waals surface area contributed by atoms with E-state index in [4.69, 9.17) is 0 Å². The maximum absolute atomic E-state index is 3.36. The molecule has 0 aromatic carbocycles. The van der Waals surface area contributed by atoms with Gasteiger partial charge in [-0.1, -0.05) is 20.8 Å². The van der Waals surface area contributed by atoms with Gasteiger partial charge in [0.2, 0.25) is 0 Å². The SMILES string of the molecule is CCCN(CCC)CC(CC)NC. The molecule has 0 bridgehead atoms. The van der Waals surface area contributed by atoms with Gasteiger partial charge in [0, 0.05) is 12.6 Å². The van der Waals surface area contributed by atoms with Crippen molar-refractivity contribution in [3.05, 3.63) is 0 Å². The molecule has 13 heavy (non-hydrogen) atoms. The fourth-order valence-corrected chi connectivity index (χ4v) is 1.66. The van der Waals surface area contributed by atoms with Gasteiger partial charge in [0.1, 0.15) is 0 Å². The molecule has 1 atom stereocenters. The van der Waals surface area contributed by atoms with Crippen LogP contribution in [0.4, 0.5) is 0 Å². The van der Waals surface area contributed by atoms with Crippen molar-refractivity contribution in [3.63, 3.8) is 0 Å². The summed E-state index contributed by atoms with van der Waals surface area (Å²) in [5, 5.41) is 3.36. The quantitative estimate of drug-likeness (QED) is 0.624. The molecule has 2 nitrogen and oxygen atoms in total. The van der Waals surface area contributed by atoms with Gasteiger partial charge in [0.15, 0.2) is 0 Å². The van der Waals surface area contributed by atoms with E-state index in [2.05, 4.69) is 38.0 Å². The van der Waals surface area contributed by atoms with Crippen LogP contribution in [0.1, 0.15) is 40.0 Å². The van der Waals surface area contributed by atoms with Crippen molar-refractivity contribution in [1.29, 1.82) is 0 Å². The standard InChI is InChI=1S/C11H26N2/c1-5-8-13(9-6-2)10-11(7-3)12-4/h11-12H,5-10H2,1-4H3. The summed E-state index contributed by atoms with van der Waals surface area (Å²) >= 11 is 0. The maximum atomic E-state index is 3.36. The third-order valence-corrected chi connectivity index (χ3v) is 2.46. The van der Waals surface area contributed by atoms with Crippen LogP contribution in [0.2, 0.25) is 0 Å². The molecule has 0 radical (unpaired) electrons. The fourth-order valence-electron chi connectivity index (χ4n) is 1.66. The Bertz CT molecular complexity index is 94.3. The molecule has 0 spiro atoms. The van der Waals surface area contributed by atoms with E-state index >= 15 is 0 Å². The van der Waals surface area contributed by atoms with Crippen LogP contribution in [0.5, 0.6) is 0 Å². The molecule has 0 saturated carbocycles. The lowest BCUT2D eigenvalue weighted by Crippen LogP contribution is -2.39. The minimum Gasteiger partial charge on any atom is -0.316 e. The van der Waals surface area contributed by atoms with E-state index in [1.54, 1.807) is 0 Å². The zero-order valence-electron chi connectivity index (χ0n) is 9.77. The smallest absolute Gasteiger partial charge is 0.0189 e. The van der Waals surface area contributed by atoms with E-state index in [0.29, 0.717) is 6.04 Å². The van der Waals surface area contributed by atoms with Gasteiger partial charge in [-0.15, -0.1) is 0 Å². The number of hydrogen-bond acceptors (Lipinski definition) is 2. The number of rotatable bonds is 8. The largest absolute Gasteiger partial charge is 0.316 e. The van der Waals surface area contributed by atoms with Crippen LogP contribution in [0.3, 0.4) is 0 Å². The number of likely N-dealkylation sites (N-methyl/N-ethyl adjacent to an activating group) is 1. The second-order valence-corrected chi connectivity index (χ2v) is 3.69. The first-order chi connectivity index (χ1) is 6.28. The maximum Gasteiger partial charge on any atom is 0.0189 e. The Labute approximate surface area is 83.7 Å². The Kier molecular flexibility index (Phi) is 8.46. The van der Waals surface area contributed by atoms with Gasteiger partial charge in [-0.25, -0.2) is 0 Å². The first-order valence-corrected chi connectivity index (χ1v) is 5.68. The molecular weight excluding hydrogens is 160 g/mol. The molecule has 0 heterocycles. The van der Waals surface area contributed by atoms with Crippen molar-refractivity contribution in [2.45, 2.75) is 46.1 Å². The first-order valence-electron chi connectivity index (χ1n) is 5.68. The van der Waals surface area contributed by atoms with Crippen molar-refractivity contribution in [3.8, 4) is 0 Å².